The van der Waals surface area contributed by atoms with Gasteiger partial charge >= 0.3 is 0 Å². The molecule has 21 heavy (non-hydrogen) atoms. The molecular formula is C15H16ClN5. The van der Waals surface area contributed by atoms with Gasteiger partial charge in [-0.2, -0.15) is 0 Å². The molecule has 1 aromatic carbocycles. The zero-order chi connectivity index (χ0) is 14.7. The van der Waals surface area contributed by atoms with Crippen molar-refractivity contribution in [3.05, 3.63) is 60.2 Å². The average molecular weight is 302 g/mol. The fourth-order valence-corrected chi connectivity index (χ4v) is 2.55. The van der Waals surface area contributed by atoms with Crippen molar-refractivity contribution in [2.24, 2.45) is 0 Å². The van der Waals surface area contributed by atoms with Crippen LogP contribution < -0.4 is 5.32 Å². The Balaban J connectivity index is 1.88. The van der Waals surface area contributed by atoms with Gasteiger partial charge in [0.2, 0.25) is 0 Å². The van der Waals surface area contributed by atoms with E-state index in [9.17, 15) is 0 Å². The van der Waals surface area contributed by atoms with Crippen LogP contribution in [0.4, 0.5) is 5.69 Å². The van der Waals surface area contributed by atoms with E-state index >= 15 is 0 Å². The van der Waals surface area contributed by atoms with Crippen LogP contribution in [-0.2, 0) is 13.1 Å². The van der Waals surface area contributed by atoms with Crippen LogP contribution in [-0.4, -0.2) is 19.1 Å². The van der Waals surface area contributed by atoms with E-state index in [1.54, 1.807) is 12.5 Å². The van der Waals surface area contributed by atoms with Gasteiger partial charge in [0.25, 0.3) is 0 Å². The molecule has 5 nitrogen and oxygen atoms in total. The number of nitrogens with one attached hydrogen (secondary N) is 1. The highest BCUT2D eigenvalue weighted by Gasteiger charge is 2.09. The molecule has 0 saturated heterocycles. The number of halogens is 1. The smallest absolute Gasteiger partial charge is 0.0992 e. The molecule has 2 heterocycles. The third kappa shape index (κ3) is 2.78. The first-order chi connectivity index (χ1) is 10.3. The highest BCUT2D eigenvalue weighted by Crippen LogP contribution is 2.28. The van der Waals surface area contributed by atoms with E-state index in [0.29, 0.717) is 11.6 Å². The van der Waals surface area contributed by atoms with Crippen LogP contribution in [0.2, 0.25) is 5.02 Å². The Labute approximate surface area is 128 Å². The summed E-state index contributed by atoms with van der Waals surface area (Å²) in [6.07, 6.45) is 9.06. The van der Waals surface area contributed by atoms with Gasteiger partial charge in [-0.3, -0.25) is 0 Å². The Morgan fingerprint density at radius 1 is 1.24 bits per heavy atom. The summed E-state index contributed by atoms with van der Waals surface area (Å²) in [6.45, 7) is 3.69. The molecule has 108 valence electrons. The summed E-state index contributed by atoms with van der Waals surface area (Å²) >= 11 is 6.33. The van der Waals surface area contributed by atoms with Crippen LogP contribution in [0.5, 0.6) is 0 Å². The van der Waals surface area contributed by atoms with Crippen molar-refractivity contribution >= 4 is 17.3 Å². The highest BCUT2D eigenvalue weighted by molar-refractivity contribution is 6.33. The number of anilines is 1. The lowest BCUT2D eigenvalue weighted by Crippen LogP contribution is -2.08. The Morgan fingerprint density at radius 2 is 2.14 bits per heavy atom. The van der Waals surface area contributed by atoms with E-state index in [1.807, 2.05) is 41.5 Å². The Bertz CT molecular complexity index is 718. The third-order valence-corrected chi connectivity index (χ3v) is 3.65. The Hall–Kier alpha value is -2.27. The van der Waals surface area contributed by atoms with Crippen molar-refractivity contribution in [3.8, 4) is 5.69 Å². The third-order valence-electron chi connectivity index (χ3n) is 3.35. The lowest BCUT2D eigenvalue weighted by molar-refractivity contribution is 0.719. The van der Waals surface area contributed by atoms with Gasteiger partial charge < -0.3 is 14.5 Å². The number of benzene rings is 1. The molecule has 0 bridgehead atoms. The molecule has 0 aliphatic rings. The molecule has 0 unspecified atom stereocenters. The van der Waals surface area contributed by atoms with E-state index in [0.717, 1.165) is 23.6 Å². The van der Waals surface area contributed by atoms with Gasteiger partial charge in [-0.15, -0.1) is 0 Å². The van der Waals surface area contributed by atoms with E-state index in [1.165, 1.54) is 0 Å². The fourth-order valence-electron chi connectivity index (χ4n) is 2.28. The van der Waals surface area contributed by atoms with Gasteiger partial charge in [0, 0.05) is 25.1 Å². The molecule has 0 fully saturated rings. The fraction of sp³-hybridized carbons (Fsp3) is 0.200. The molecule has 0 atom stereocenters. The molecule has 0 amide bonds. The monoisotopic (exact) mass is 301 g/mol. The van der Waals surface area contributed by atoms with Gasteiger partial charge in [-0.25, -0.2) is 9.97 Å². The van der Waals surface area contributed by atoms with E-state index in [4.69, 9.17) is 11.6 Å². The summed E-state index contributed by atoms with van der Waals surface area (Å²) in [7, 11) is 0. The molecule has 0 aliphatic heterocycles. The second-order valence-corrected chi connectivity index (χ2v) is 5.04. The number of nitrogens with zero attached hydrogens (tertiary/aromatic N) is 4. The van der Waals surface area contributed by atoms with Crippen molar-refractivity contribution in [1.29, 1.82) is 0 Å². The molecule has 0 saturated carbocycles. The minimum atomic E-state index is 0.682. The first-order valence-electron chi connectivity index (χ1n) is 6.79. The molecule has 2 aromatic heterocycles. The topological polar surface area (TPSA) is 47.7 Å². The highest BCUT2D eigenvalue weighted by atomic mass is 35.5. The predicted molar refractivity (Wildman–Crippen MR) is 83.8 cm³/mol. The zero-order valence-electron chi connectivity index (χ0n) is 11.7. The zero-order valence-corrected chi connectivity index (χ0v) is 12.5. The standard InChI is InChI=1S/C15H16ClN5/c1-2-20-11-18-8-12(20)9-19-14-5-3-4-13(16)15(14)21-7-6-17-10-21/h3-8,10-11,19H,2,9H2,1H3. The van der Waals surface area contributed by atoms with E-state index < -0.39 is 0 Å². The molecule has 3 aromatic rings. The minimum Gasteiger partial charge on any atom is -0.378 e. The predicted octanol–water partition coefficient (Wildman–Crippen LogP) is 3.35. The van der Waals surface area contributed by atoms with Crippen molar-refractivity contribution < 1.29 is 0 Å². The number of aryl methyl sites for hydroxylation is 1. The van der Waals surface area contributed by atoms with Crippen LogP contribution >= 0.6 is 11.6 Å². The van der Waals surface area contributed by atoms with Crippen molar-refractivity contribution in [2.75, 3.05) is 5.32 Å². The maximum Gasteiger partial charge on any atom is 0.0992 e. The number of imidazole rings is 2. The summed E-state index contributed by atoms with van der Waals surface area (Å²) in [5.74, 6) is 0. The summed E-state index contributed by atoms with van der Waals surface area (Å²) in [6, 6.07) is 5.81. The second kappa shape index (κ2) is 6.01. The summed E-state index contributed by atoms with van der Waals surface area (Å²) in [5, 5.41) is 4.11. The Kier molecular flexibility index (Phi) is 3.92. The Morgan fingerprint density at radius 3 is 2.90 bits per heavy atom. The van der Waals surface area contributed by atoms with Crippen molar-refractivity contribution in [2.45, 2.75) is 20.0 Å². The molecule has 1 N–H and O–H groups in total. The number of para-hydroxylation sites is 1. The van der Waals surface area contributed by atoms with E-state index in [-0.39, 0.29) is 0 Å². The molecule has 0 radical (unpaired) electrons. The SMILES string of the molecule is CCn1cncc1CNc1cccc(Cl)c1-n1ccnc1. The molecule has 6 heteroatoms. The first-order valence-corrected chi connectivity index (χ1v) is 7.17. The minimum absolute atomic E-state index is 0.682. The summed E-state index contributed by atoms with van der Waals surface area (Å²) < 4.78 is 4.01. The number of aromatic nitrogens is 4. The van der Waals surface area contributed by atoms with Gasteiger partial charge in [0.05, 0.1) is 41.3 Å². The molecule has 3 rings (SSSR count). The van der Waals surface area contributed by atoms with Gasteiger partial charge in [0.1, 0.15) is 0 Å². The normalized spacial score (nSPS) is 10.8. The quantitative estimate of drug-likeness (QED) is 0.786. The van der Waals surface area contributed by atoms with Crippen molar-refractivity contribution in [1.82, 2.24) is 19.1 Å². The largest absolute Gasteiger partial charge is 0.378 e. The number of hydrogen-bond acceptors (Lipinski definition) is 3. The van der Waals surface area contributed by atoms with Crippen molar-refractivity contribution in [3.63, 3.8) is 0 Å². The maximum absolute atomic E-state index is 6.33. The van der Waals surface area contributed by atoms with Crippen LogP contribution in [0.3, 0.4) is 0 Å². The van der Waals surface area contributed by atoms with Crippen LogP contribution in [0.1, 0.15) is 12.6 Å². The maximum atomic E-state index is 6.33. The van der Waals surface area contributed by atoms with Crippen LogP contribution in [0.15, 0.2) is 49.4 Å². The summed E-state index contributed by atoms with van der Waals surface area (Å²) in [5.41, 5.74) is 3.00. The second-order valence-electron chi connectivity index (χ2n) is 4.63. The van der Waals surface area contributed by atoms with Crippen LogP contribution in [0, 0.1) is 0 Å². The number of hydrogen-bond donors (Lipinski definition) is 1. The lowest BCUT2D eigenvalue weighted by Gasteiger charge is -2.14. The van der Waals surface area contributed by atoms with Crippen LogP contribution in [0.25, 0.3) is 5.69 Å². The van der Waals surface area contributed by atoms with Gasteiger partial charge in [-0.05, 0) is 19.1 Å². The van der Waals surface area contributed by atoms with E-state index in [2.05, 4.69) is 26.8 Å². The van der Waals surface area contributed by atoms with Gasteiger partial charge in [-0.1, -0.05) is 17.7 Å². The van der Waals surface area contributed by atoms with Gasteiger partial charge in [0.15, 0.2) is 0 Å². The molecular weight excluding hydrogens is 286 g/mol. The molecule has 0 aliphatic carbocycles. The number of rotatable bonds is 5. The lowest BCUT2D eigenvalue weighted by atomic mass is 10.2. The molecule has 0 spiro atoms. The average Bonchev–Trinajstić information content (AvgIpc) is 3.16. The summed E-state index contributed by atoms with van der Waals surface area (Å²) in [4.78, 5) is 8.26. The first kappa shape index (κ1) is 13.7.